The number of hydrogen-bond acceptors (Lipinski definition) is 3. The summed E-state index contributed by atoms with van der Waals surface area (Å²) < 4.78 is 0. The average molecular weight is 224 g/mol. The van der Waals surface area contributed by atoms with Crippen LogP contribution in [0.3, 0.4) is 0 Å². The second-order valence-corrected chi connectivity index (χ2v) is 5.45. The lowest BCUT2D eigenvalue weighted by atomic mass is 9.97. The van der Waals surface area contributed by atoms with E-state index >= 15 is 0 Å². The summed E-state index contributed by atoms with van der Waals surface area (Å²) >= 11 is 0. The van der Waals surface area contributed by atoms with Crippen LogP contribution in [0.25, 0.3) is 0 Å². The molecule has 1 aliphatic carbocycles. The molecule has 2 rings (SSSR count). The number of ketones is 1. The van der Waals surface area contributed by atoms with Crippen molar-refractivity contribution in [1.29, 1.82) is 0 Å². The summed E-state index contributed by atoms with van der Waals surface area (Å²) in [5.41, 5.74) is -0.530. The van der Waals surface area contributed by atoms with Gasteiger partial charge in [-0.25, -0.2) is 0 Å². The molecular weight excluding hydrogens is 204 g/mol. The van der Waals surface area contributed by atoms with Crippen LogP contribution in [0.5, 0.6) is 0 Å². The van der Waals surface area contributed by atoms with Crippen molar-refractivity contribution in [2.75, 3.05) is 26.7 Å². The summed E-state index contributed by atoms with van der Waals surface area (Å²) in [6.07, 6.45) is 2.09. The fourth-order valence-electron chi connectivity index (χ4n) is 2.25. The van der Waals surface area contributed by atoms with Crippen LogP contribution in [0.1, 0.15) is 26.7 Å². The number of carbonyl (C=O) groups excluding carboxylic acids is 2. The van der Waals surface area contributed by atoms with Gasteiger partial charge in [-0.05, 0) is 26.7 Å². The Bertz CT molecular complexity index is 321. The summed E-state index contributed by atoms with van der Waals surface area (Å²) in [4.78, 5) is 27.6. The number of amides is 1. The molecule has 0 bridgehead atoms. The molecule has 4 nitrogen and oxygen atoms in total. The third kappa shape index (κ3) is 1.98. The summed E-state index contributed by atoms with van der Waals surface area (Å²) in [7, 11) is 1.82. The highest BCUT2D eigenvalue weighted by Gasteiger charge is 2.42. The van der Waals surface area contributed by atoms with Crippen molar-refractivity contribution in [2.24, 2.45) is 5.92 Å². The number of piperazine rings is 1. The Hall–Kier alpha value is -0.900. The molecule has 0 aromatic rings. The molecule has 0 atom stereocenters. The third-order valence-electron chi connectivity index (χ3n) is 3.75. The molecule has 1 amide bonds. The predicted molar refractivity (Wildman–Crippen MR) is 61.0 cm³/mol. The summed E-state index contributed by atoms with van der Waals surface area (Å²) in [6, 6.07) is 0. The van der Waals surface area contributed by atoms with Crippen LogP contribution in [-0.4, -0.2) is 53.7 Å². The third-order valence-corrected chi connectivity index (χ3v) is 3.75. The zero-order valence-electron chi connectivity index (χ0n) is 10.3. The Morgan fingerprint density at radius 1 is 1.38 bits per heavy atom. The van der Waals surface area contributed by atoms with Gasteiger partial charge in [-0.2, -0.15) is 0 Å². The zero-order valence-corrected chi connectivity index (χ0v) is 10.3. The molecule has 0 radical (unpaired) electrons. The van der Waals surface area contributed by atoms with Crippen LogP contribution in [-0.2, 0) is 9.59 Å². The van der Waals surface area contributed by atoms with Crippen molar-refractivity contribution in [3.63, 3.8) is 0 Å². The number of hydrogen-bond donors (Lipinski definition) is 0. The number of nitrogens with zero attached hydrogens (tertiary/aromatic N) is 2. The number of Topliss-reactive ketones (excluding diaryl/α,β-unsaturated/α-hetero) is 1. The Balaban J connectivity index is 2.03. The highest BCUT2D eigenvalue weighted by atomic mass is 16.2. The first kappa shape index (κ1) is 11.6. The highest BCUT2D eigenvalue weighted by Crippen LogP contribution is 2.31. The molecule has 90 valence electrons. The first-order valence-electron chi connectivity index (χ1n) is 5.96. The van der Waals surface area contributed by atoms with Gasteiger partial charge in [0.25, 0.3) is 0 Å². The molecule has 4 heteroatoms. The predicted octanol–water partition coefficient (Wildman–Crippen LogP) is 0.518. The zero-order chi connectivity index (χ0) is 11.9. The van der Waals surface area contributed by atoms with E-state index in [4.69, 9.17) is 0 Å². The molecule has 1 saturated carbocycles. The van der Waals surface area contributed by atoms with Gasteiger partial charge in [-0.3, -0.25) is 14.5 Å². The van der Waals surface area contributed by atoms with Crippen LogP contribution >= 0.6 is 0 Å². The van der Waals surface area contributed by atoms with E-state index in [1.54, 1.807) is 4.90 Å². The van der Waals surface area contributed by atoms with E-state index in [0.29, 0.717) is 12.3 Å². The normalized spacial score (nSPS) is 25.9. The second-order valence-electron chi connectivity index (χ2n) is 5.45. The van der Waals surface area contributed by atoms with E-state index in [1.165, 1.54) is 0 Å². The van der Waals surface area contributed by atoms with Crippen molar-refractivity contribution in [1.82, 2.24) is 9.80 Å². The lowest BCUT2D eigenvalue weighted by molar-refractivity contribution is -0.148. The van der Waals surface area contributed by atoms with Crippen molar-refractivity contribution < 1.29 is 9.59 Å². The molecule has 0 spiro atoms. The standard InChI is InChI=1S/C12H20N2O2/c1-12(2)11(16)13(3)6-7-14(12)8-10(15)9-4-5-9/h9H,4-8H2,1-3H3. The maximum atomic E-state index is 12.0. The van der Waals surface area contributed by atoms with Crippen molar-refractivity contribution in [3.8, 4) is 0 Å². The quantitative estimate of drug-likeness (QED) is 0.701. The Morgan fingerprint density at radius 2 is 2.00 bits per heavy atom. The first-order valence-corrected chi connectivity index (χ1v) is 5.96. The minimum absolute atomic E-state index is 0.113. The van der Waals surface area contributed by atoms with Gasteiger partial charge in [0.1, 0.15) is 5.78 Å². The minimum Gasteiger partial charge on any atom is -0.343 e. The molecule has 16 heavy (non-hydrogen) atoms. The molecule has 0 N–H and O–H groups in total. The summed E-state index contributed by atoms with van der Waals surface area (Å²) in [5.74, 6) is 0.707. The van der Waals surface area contributed by atoms with Crippen LogP contribution in [0.4, 0.5) is 0 Å². The van der Waals surface area contributed by atoms with Crippen LogP contribution in [0, 0.1) is 5.92 Å². The average Bonchev–Trinajstić information content (AvgIpc) is 3.03. The second kappa shape index (κ2) is 3.84. The molecule has 2 aliphatic rings. The van der Waals surface area contributed by atoms with E-state index in [0.717, 1.165) is 25.9 Å². The number of carbonyl (C=O) groups is 2. The van der Waals surface area contributed by atoms with E-state index in [-0.39, 0.29) is 11.8 Å². The van der Waals surface area contributed by atoms with Crippen molar-refractivity contribution >= 4 is 11.7 Å². The molecule has 1 heterocycles. The van der Waals surface area contributed by atoms with Crippen LogP contribution in [0.15, 0.2) is 0 Å². The van der Waals surface area contributed by atoms with Gasteiger partial charge in [0.2, 0.25) is 5.91 Å². The van der Waals surface area contributed by atoms with Gasteiger partial charge < -0.3 is 4.90 Å². The fourth-order valence-corrected chi connectivity index (χ4v) is 2.25. The smallest absolute Gasteiger partial charge is 0.242 e. The molecule has 0 aromatic carbocycles. The van der Waals surface area contributed by atoms with Crippen LogP contribution in [0.2, 0.25) is 0 Å². The monoisotopic (exact) mass is 224 g/mol. The van der Waals surface area contributed by atoms with Gasteiger partial charge >= 0.3 is 0 Å². The maximum absolute atomic E-state index is 12.0. The Labute approximate surface area is 96.6 Å². The highest BCUT2D eigenvalue weighted by molar-refractivity contribution is 5.89. The van der Waals surface area contributed by atoms with Gasteiger partial charge in [0.15, 0.2) is 0 Å². The van der Waals surface area contributed by atoms with E-state index in [1.807, 2.05) is 25.8 Å². The lowest BCUT2D eigenvalue weighted by Gasteiger charge is -2.44. The number of likely N-dealkylation sites (N-methyl/N-ethyl adjacent to an activating group) is 1. The van der Waals surface area contributed by atoms with E-state index in [2.05, 4.69) is 0 Å². The van der Waals surface area contributed by atoms with E-state index < -0.39 is 5.54 Å². The Kier molecular flexibility index (Phi) is 2.78. The SMILES string of the molecule is CN1CCN(CC(=O)C2CC2)C(C)(C)C1=O. The van der Waals surface area contributed by atoms with Gasteiger partial charge in [0.05, 0.1) is 12.1 Å². The van der Waals surface area contributed by atoms with Crippen LogP contribution < -0.4 is 0 Å². The molecule has 2 fully saturated rings. The topological polar surface area (TPSA) is 40.6 Å². The summed E-state index contributed by atoms with van der Waals surface area (Å²) in [5, 5.41) is 0. The summed E-state index contributed by atoms with van der Waals surface area (Å²) in [6.45, 7) is 5.78. The lowest BCUT2D eigenvalue weighted by Crippen LogP contribution is -2.62. The molecule has 1 aliphatic heterocycles. The first-order chi connectivity index (χ1) is 7.43. The molecule has 0 aromatic heterocycles. The number of rotatable bonds is 3. The largest absolute Gasteiger partial charge is 0.343 e. The van der Waals surface area contributed by atoms with E-state index in [9.17, 15) is 9.59 Å². The Morgan fingerprint density at radius 3 is 2.56 bits per heavy atom. The van der Waals surface area contributed by atoms with Crippen molar-refractivity contribution in [2.45, 2.75) is 32.2 Å². The van der Waals surface area contributed by atoms with Gasteiger partial charge in [-0.15, -0.1) is 0 Å². The fraction of sp³-hybridized carbons (Fsp3) is 0.833. The minimum atomic E-state index is -0.530. The van der Waals surface area contributed by atoms with Gasteiger partial charge in [0, 0.05) is 26.1 Å². The molecule has 1 saturated heterocycles. The molecule has 0 unspecified atom stereocenters. The van der Waals surface area contributed by atoms with Gasteiger partial charge in [-0.1, -0.05) is 0 Å². The van der Waals surface area contributed by atoms with Crippen molar-refractivity contribution in [3.05, 3.63) is 0 Å². The maximum Gasteiger partial charge on any atom is 0.242 e. The molecular formula is C12H20N2O2.